The van der Waals surface area contributed by atoms with Crippen molar-refractivity contribution in [3.05, 3.63) is 40.5 Å². The van der Waals surface area contributed by atoms with Crippen molar-refractivity contribution >= 4 is 11.6 Å². The highest BCUT2D eigenvalue weighted by atomic mass is 19.4. The summed E-state index contributed by atoms with van der Waals surface area (Å²) >= 11 is 0. The first kappa shape index (κ1) is 22.6. The van der Waals surface area contributed by atoms with Gasteiger partial charge in [-0.25, -0.2) is 9.07 Å². The summed E-state index contributed by atoms with van der Waals surface area (Å²) in [5.41, 5.74) is 4.61. The van der Waals surface area contributed by atoms with Gasteiger partial charge in [-0.1, -0.05) is 20.8 Å². The number of nitrogens with zero attached hydrogens (tertiary/aromatic N) is 2. The van der Waals surface area contributed by atoms with Crippen LogP contribution in [0.5, 0.6) is 0 Å². The zero-order valence-electron chi connectivity index (χ0n) is 18.1. The molecule has 0 spiro atoms. The van der Waals surface area contributed by atoms with Crippen molar-refractivity contribution in [1.29, 1.82) is 0 Å². The molecule has 32 heavy (non-hydrogen) atoms. The van der Waals surface area contributed by atoms with E-state index in [9.17, 15) is 22.4 Å². The molecule has 1 amide bonds. The first-order valence-electron chi connectivity index (χ1n) is 10.5. The van der Waals surface area contributed by atoms with Gasteiger partial charge in [-0.05, 0) is 36.7 Å². The van der Waals surface area contributed by atoms with E-state index in [1.165, 1.54) is 10.7 Å². The summed E-state index contributed by atoms with van der Waals surface area (Å²) in [7, 11) is 0. The van der Waals surface area contributed by atoms with Crippen LogP contribution in [0.15, 0.2) is 12.1 Å². The second-order valence-corrected chi connectivity index (χ2v) is 9.48. The van der Waals surface area contributed by atoms with Crippen LogP contribution in [0, 0.1) is 11.2 Å². The lowest BCUT2D eigenvalue weighted by Gasteiger charge is -2.34. The molecule has 174 valence electrons. The first-order valence-corrected chi connectivity index (χ1v) is 10.5. The molecule has 1 aromatic carbocycles. The molecule has 3 N–H and O–H groups in total. The molecule has 1 aliphatic carbocycles. The quantitative estimate of drug-likeness (QED) is 0.671. The number of benzene rings is 1. The number of ether oxygens (including phenoxy) is 1. The van der Waals surface area contributed by atoms with Crippen LogP contribution in [0.3, 0.4) is 0 Å². The van der Waals surface area contributed by atoms with Gasteiger partial charge in [0.25, 0.3) is 5.91 Å². The Kier molecular flexibility index (Phi) is 5.47. The number of hydrogen-bond donors (Lipinski definition) is 2. The Bertz CT molecular complexity index is 1060. The van der Waals surface area contributed by atoms with Gasteiger partial charge in [-0.2, -0.15) is 18.3 Å². The number of carbonyl (C=O) groups excluding carboxylic acids is 1. The first-order chi connectivity index (χ1) is 14.9. The van der Waals surface area contributed by atoms with Gasteiger partial charge in [-0.3, -0.25) is 4.79 Å². The Morgan fingerprint density at radius 2 is 2.06 bits per heavy atom. The molecule has 4 rings (SSSR count). The SMILES string of the molecule is CC1CC(C)(C)Cc2c1c(C(F)(F)F)nn2-c1cc(F)c(C(N)=O)c(NC2CCOC2)c1. The highest BCUT2D eigenvalue weighted by Crippen LogP contribution is 2.47. The van der Waals surface area contributed by atoms with Crippen molar-refractivity contribution in [3.8, 4) is 5.69 Å². The molecule has 2 aromatic rings. The molecule has 6 nitrogen and oxygen atoms in total. The van der Waals surface area contributed by atoms with Gasteiger partial charge in [0.15, 0.2) is 5.69 Å². The maximum absolute atomic E-state index is 15.0. The minimum Gasteiger partial charge on any atom is -0.379 e. The zero-order valence-corrected chi connectivity index (χ0v) is 18.1. The molecule has 2 unspecified atom stereocenters. The number of aromatic nitrogens is 2. The molecule has 1 aliphatic heterocycles. The molecule has 2 heterocycles. The number of fused-ring (bicyclic) bond motifs is 1. The Morgan fingerprint density at radius 3 is 2.66 bits per heavy atom. The van der Waals surface area contributed by atoms with Crippen molar-refractivity contribution in [3.63, 3.8) is 0 Å². The number of amides is 1. The third kappa shape index (κ3) is 4.07. The van der Waals surface area contributed by atoms with E-state index in [1.54, 1.807) is 6.92 Å². The van der Waals surface area contributed by atoms with Crippen molar-refractivity contribution in [2.24, 2.45) is 11.1 Å². The number of nitrogens with one attached hydrogen (secondary N) is 1. The fourth-order valence-corrected chi connectivity index (χ4v) is 4.98. The number of hydrogen-bond acceptors (Lipinski definition) is 4. The van der Waals surface area contributed by atoms with Gasteiger partial charge in [0.1, 0.15) is 5.82 Å². The topological polar surface area (TPSA) is 82.2 Å². The van der Waals surface area contributed by atoms with Crippen LogP contribution in [0.4, 0.5) is 23.2 Å². The van der Waals surface area contributed by atoms with E-state index in [2.05, 4.69) is 10.4 Å². The minimum atomic E-state index is -4.64. The lowest BCUT2D eigenvalue weighted by Crippen LogP contribution is -2.27. The second-order valence-electron chi connectivity index (χ2n) is 9.48. The van der Waals surface area contributed by atoms with Crippen LogP contribution in [0.1, 0.15) is 66.8 Å². The molecular formula is C22H26F4N4O2. The van der Waals surface area contributed by atoms with Crippen LogP contribution in [0.25, 0.3) is 5.69 Å². The number of primary amides is 1. The van der Waals surface area contributed by atoms with Crippen molar-refractivity contribution < 1.29 is 27.1 Å². The van der Waals surface area contributed by atoms with Crippen molar-refractivity contribution in [2.45, 2.75) is 58.2 Å². The average Bonchev–Trinajstić information content (AvgIpc) is 3.27. The predicted octanol–water partition coefficient (Wildman–Crippen LogP) is 4.41. The molecule has 1 fully saturated rings. The average molecular weight is 454 g/mol. The largest absolute Gasteiger partial charge is 0.435 e. The molecule has 1 aromatic heterocycles. The summed E-state index contributed by atoms with van der Waals surface area (Å²) < 4.78 is 63.0. The molecule has 2 aliphatic rings. The number of halogens is 4. The van der Waals surface area contributed by atoms with Gasteiger partial charge in [0.05, 0.1) is 29.6 Å². The standard InChI is InChI=1S/C22H26F4N4O2/c1-11-8-21(2,3)9-16-17(11)19(22(24,25)26)29-30(16)13-6-14(23)18(20(27)31)15(7-13)28-12-4-5-32-10-12/h6-7,11-12,28H,4-5,8-10H2,1-3H3,(H2,27,31). The fraction of sp³-hybridized carbons (Fsp3) is 0.545. The Balaban J connectivity index is 1.90. The summed E-state index contributed by atoms with van der Waals surface area (Å²) in [5.74, 6) is -2.25. The van der Waals surface area contributed by atoms with E-state index in [1.807, 2.05) is 13.8 Å². The summed E-state index contributed by atoms with van der Waals surface area (Å²) in [5, 5.41) is 6.95. The molecular weight excluding hydrogens is 428 g/mol. The van der Waals surface area contributed by atoms with Gasteiger partial charge in [0.2, 0.25) is 0 Å². The minimum absolute atomic E-state index is 0.102. The van der Waals surface area contributed by atoms with E-state index in [4.69, 9.17) is 10.5 Å². The second kappa shape index (κ2) is 7.75. The fourth-order valence-electron chi connectivity index (χ4n) is 4.98. The van der Waals surface area contributed by atoms with Crippen LogP contribution in [-0.2, 0) is 17.3 Å². The molecule has 10 heteroatoms. The smallest absolute Gasteiger partial charge is 0.379 e. The predicted molar refractivity (Wildman–Crippen MR) is 110 cm³/mol. The number of carbonyl (C=O) groups is 1. The number of alkyl halides is 3. The third-order valence-electron chi connectivity index (χ3n) is 6.14. The molecule has 0 bridgehead atoms. The van der Waals surface area contributed by atoms with Gasteiger partial charge in [-0.15, -0.1) is 0 Å². The monoisotopic (exact) mass is 454 g/mol. The maximum atomic E-state index is 15.0. The van der Waals surface area contributed by atoms with Crippen LogP contribution < -0.4 is 11.1 Å². The lowest BCUT2D eigenvalue weighted by molar-refractivity contribution is -0.142. The molecule has 1 saturated heterocycles. The van der Waals surface area contributed by atoms with E-state index in [0.29, 0.717) is 38.2 Å². The van der Waals surface area contributed by atoms with Crippen LogP contribution >= 0.6 is 0 Å². The maximum Gasteiger partial charge on any atom is 0.435 e. The van der Waals surface area contributed by atoms with Crippen LogP contribution in [0.2, 0.25) is 0 Å². The number of anilines is 1. The van der Waals surface area contributed by atoms with E-state index < -0.39 is 23.6 Å². The van der Waals surface area contributed by atoms with E-state index in [0.717, 1.165) is 6.07 Å². The molecule has 0 radical (unpaired) electrons. The number of rotatable bonds is 4. The van der Waals surface area contributed by atoms with Gasteiger partial charge >= 0.3 is 6.18 Å². The Labute approximate surface area is 183 Å². The zero-order chi connectivity index (χ0) is 23.4. The van der Waals surface area contributed by atoms with Crippen molar-refractivity contribution in [2.75, 3.05) is 18.5 Å². The highest BCUT2D eigenvalue weighted by Gasteiger charge is 2.44. The number of nitrogens with two attached hydrogens (primary N) is 1. The summed E-state index contributed by atoms with van der Waals surface area (Å²) in [4.78, 5) is 11.9. The summed E-state index contributed by atoms with van der Waals surface area (Å²) in [6.45, 7) is 6.61. The van der Waals surface area contributed by atoms with Gasteiger partial charge in [0, 0.05) is 23.9 Å². The summed E-state index contributed by atoms with van der Waals surface area (Å²) in [6.07, 6.45) is -3.06. The summed E-state index contributed by atoms with van der Waals surface area (Å²) in [6, 6.07) is 2.27. The Hall–Kier alpha value is -2.62. The van der Waals surface area contributed by atoms with E-state index >= 15 is 0 Å². The molecule has 2 atom stereocenters. The normalized spacial score (nSPS) is 22.6. The molecule has 0 saturated carbocycles. The van der Waals surface area contributed by atoms with Crippen LogP contribution in [-0.4, -0.2) is 34.9 Å². The lowest BCUT2D eigenvalue weighted by atomic mass is 9.71. The van der Waals surface area contributed by atoms with E-state index in [-0.39, 0.29) is 39.9 Å². The van der Waals surface area contributed by atoms with Crippen molar-refractivity contribution in [1.82, 2.24) is 9.78 Å². The Morgan fingerprint density at radius 1 is 1.34 bits per heavy atom. The highest BCUT2D eigenvalue weighted by molar-refractivity contribution is 5.99. The third-order valence-corrected chi connectivity index (χ3v) is 6.14. The van der Waals surface area contributed by atoms with Gasteiger partial charge < -0.3 is 15.8 Å².